The number of anilines is 1. The van der Waals surface area contributed by atoms with E-state index in [1.165, 1.54) is 24.3 Å². The first-order chi connectivity index (χ1) is 13.5. The van der Waals surface area contributed by atoms with Crippen molar-refractivity contribution in [1.29, 1.82) is 5.26 Å². The average Bonchev–Trinajstić information content (AvgIpc) is 2.73. The fraction of sp³-hybridized carbons (Fsp3) is 0.286. The predicted molar refractivity (Wildman–Crippen MR) is 103 cm³/mol. The molecule has 1 saturated heterocycles. The number of para-hydroxylation sites is 1. The number of rotatable bonds is 4. The Morgan fingerprint density at radius 1 is 1.07 bits per heavy atom. The maximum Gasteiger partial charge on any atom is 0.253 e. The molecule has 1 aliphatic heterocycles. The van der Waals surface area contributed by atoms with Gasteiger partial charge in [-0.2, -0.15) is 5.26 Å². The third kappa shape index (κ3) is 4.35. The van der Waals surface area contributed by atoms with Crippen LogP contribution in [0.5, 0.6) is 0 Å². The Kier molecular flexibility index (Phi) is 6.02. The maximum atomic E-state index is 13.0. The lowest BCUT2D eigenvalue weighted by Crippen LogP contribution is -2.54. The fourth-order valence-corrected chi connectivity index (χ4v) is 3.18. The van der Waals surface area contributed by atoms with Crippen LogP contribution >= 0.6 is 0 Å². The highest BCUT2D eigenvalue weighted by Gasteiger charge is 2.28. The molecule has 2 aromatic rings. The van der Waals surface area contributed by atoms with Gasteiger partial charge in [0.25, 0.3) is 5.91 Å². The van der Waals surface area contributed by atoms with E-state index in [-0.39, 0.29) is 17.6 Å². The van der Waals surface area contributed by atoms with Crippen molar-refractivity contribution in [2.45, 2.75) is 13.0 Å². The summed E-state index contributed by atoms with van der Waals surface area (Å²) in [6, 6.07) is 14.0. The molecule has 3 rings (SSSR count). The molecule has 1 aliphatic rings. The zero-order valence-corrected chi connectivity index (χ0v) is 15.6. The molecule has 144 valence electrons. The highest BCUT2D eigenvalue weighted by molar-refractivity contribution is 5.96. The first-order valence-electron chi connectivity index (χ1n) is 9.08. The topological polar surface area (TPSA) is 76.4 Å². The van der Waals surface area contributed by atoms with Crippen LogP contribution < -0.4 is 5.32 Å². The summed E-state index contributed by atoms with van der Waals surface area (Å²) in [4.78, 5) is 28.8. The molecule has 1 unspecified atom stereocenters. The van der Waals surface area contributed by atoms with Crippen molar-refractivity contribution in [1.82, 2.24) is 9.80 Å². The van der Waals surface area contributed by atoms with Crippen LogP contribution in [0.15, 0.2) is 48.5 Å². The third-order valence-electron chi connectivity index (χ3n) is 4.93. The number of hydrogen-bond acceptors (Lipinski definition) is 4. The summed E-state index contributed by atoms with van der Waals surface area (Å²) in [5, 5.41) is 11.9. The van der Waals surface area contributed by atoms with Crippen molar-refractivity contribution in [2.24, 2.45) is 0 Å². The largest absolute Gasteiger partial charge is 0.336 e. The Balaban J connectivity index is 1.56. The van der Waals surface area contributed by atoms with Crippen molar-refractivity contribution >= 4 is 17.5 Å². The molecule has 0 saturated carbocycles. The minimum absolute atomic E-state index is 0.139. The number of carbonyl (C=O) groups excluding carboxylic acids is 2. The molecule has 7 heteroatoms. The average molecular weight is 380 g/mol. The van der Waals surface area contributed by atoms with E-state index < -0.39 is 6.04 Å². The van der Waals surface area contributed by atoms with Crippen molar-refractivity contribution in [3.63, 3.8) is 0 Å². The lowest BCUT2D eigenvalue weighted by atomic mass is 10.1. The second-order valence-corrected chi connectivity index (χ2v) is 6.66. The van der Waals surface area contributed by atoms with Gasteiger partial charge in [0.2, 0.25) is 5.91 Å². The van der Waals surface area contributed by atoms with Crippen molar-refractivity contribution in [2.75, 3.05) is 31.5 Å². The number of hydrogen-bond donors (Lipinski definition) is 1. The standard InChI is InChI=1S/C21H21FN4O2/c1-15(20(27)24-19-5-3-2-4-17(19)14-23)25-10-12-26(13-11-25)21(28)16-6-8-18(22)9-7-16/h2-9,15H,10-13H2,1H3,(H,24,27). The van der Waals surface area contributed by atoms with Crippen LogP contribution in [0.4, 0.5) is 10.1 Å². The monoisotopic (exact) mass is 380 g/mol. The van der Waals surface area contributed by atoms with Crippen LogP contribution in [0.25, 0.3) is 0 Å². The Morgan fingerprint density at radius 2 is 1.71 bits per heavy atom. The molecular weight excluding hydrogens is 359 g/mol. The van der Waals surface area contributed by atoms with Crippen molar-refractivity contribution in [3.05, 3.63) is 65.5 Å². The first-order valence-corrected chi connectivity index (χ1v) is 9.08. The van der Waals surface area contributed by atoms with E-state index in [2.05, 4.69) is 11.4 Å². The number of nitrogens with one attached hydrogen (secondary N) is 1. The van der Waals surface area contributed by atoms with E-state index >= 15 is 0 Å². The number of benzene rings is 2. The van der Waals surface area contributed by atoms with E-state index in [0.717, 1.165) is 0 Å². The molecule has 0 aromatic heterocycles. The number of nitrogens with zero attached hydrogens (tertiary/aromatic N) is 3. The number of amides is 2. The van der Waals surface area contributed by atoms with E-state index in [1.54, 1.807) is 29.2 Å². The summed E-state index contributed by atoms with van der Waals surface area (Å²) in [5.74, 6) is -0.708. The molecule has 0 aliphatic carbocycles. The summed E-state index contributed by atoms with van der Waals surface area (Å²) >= 11 is 0. The molecule has 2 amide bonds. The molecule has 2 aromatic carbocycles. The SMILES string of the molecule is CC(C(=O)Nc1ccccc1C#N)N1CCN(C(=O)c2ccc(F)cc2)CC1. The molecule has 0 bridgehead atoms. The van der Waals surface area contributed by atoms with Crippen LogP contribution in [0.2, 0.25) is 0 Å². The highest BCUT2D eigenvalue weighted by Crippen LogP contribution is 2.16. The lowest BCUT2D eigenvalue weighted by molar-refractivity contribution is -0.121. The smallest absolute Gasteiger partial charge is 0.253 e. The van der Waals surface area contributed by atoms with Crippen LogP contribution in [0.1, 0.15) is 22.8 Å². The van der Waals surface area contributed by atoms with Gasteiger partial charge in [-0.1, -0.05) is 12.1 Å². The van der Waals surface area contributed by atoms with Gasteiger partial charge in [-0.25, -0.2) is 4.39 Å². The molecule has 1 heterocycles. The number of nitriles is 1. The van der Waals surface area contributed by atoms with Crippen molar-refractivity contribution in [3.8, 4) is 6.07 Å². The minimum atomic E-state index is -0.394. The van der Waals surface area contributed by atoms with Gasteiger partial charge in [-0.3, -0.25) is 14.5 Å². The van der Waals surface area contributed by atoms with Crippen LogP contribution in [0, 0.1) is 17.1 Å². The van der Waals surface area contributed by atoms with E-state index in [0.29, 0.717) is 43.0 Å². The first kappa shape index (κ1) is 19.5. The molecule has 0 spiro atoms. The van der Waals surface area contributed by atoms with E-state index in [4.69, 9.17) is 5.26 Å². The highest BCUT2D eigenvalue weighted by atomic mass is 19.1. The Morgan fingerprint density at radius 3 is 2.36 bits per heavy atom. The summed E-state index contributed by atoms with van der Waals surface area (Å²) in [7, 11) is 0. The molecule has 0 radical (unpaired) electrons. The van der Waals surface area contributed by atoms with Gasteiger partial charge in [0, 0.05) is 31.7 Å². The van der Waals surface area contributed by atoms with Crippen LogP contribution in [-0.2, 0) is 4.79 Å². The van der Waals surface area contributed by atoms with Gasteiger partial charge in [0.1, 0.15) is 11.9 Å². The quantitative estimate of drug-likeness (QED) is 0.884. The van der Waals surface area contributed by atoms with Crippen LogP contribution in [-0.4, -0.2) is 53.8 Å². The van der Waals surface area contributed by atoms with E-state index in [1.807, 2.05) is 11.8 Å². The Labute approximate surface area is 163 Å². The maximum absolute atomic E-state index is 13.0. The van der Waals surface area contributed by atoms with Gasteiger partial charge < -0.3 is 10.2 Å². The molecule has 6 nitrogen and oxygen atoms in total. The molecule has 1 fully saturated rings. The Hall–Kier alpha value is -3.24. The van der Waals surface area contributed by atoms with Gasteiger partial charge >= 0.3 is 0 Å². The zero-order chi connectivity index (χ0) is 20.1. The van der Waals surface area contributed by atoms with Gasteiger partial charge in [0.05, 0.1) is 17.3 Å². The molecule has 1 atom stereocenters. The molecule has 1 N–H and O–H groups in total. The van der Waals surface area contributed by atoms with Crippen molar-refractivity contribution < 1.29 is 14.0 Å². The number of carbonyl (C=O) groups is 2. The third-order valence-corrected chi connectivity index (χ3v) is 4.93. The van der Waals surface area contributed by atoms with Gasteiger partial charge in [0.15, 0.2) is 0 Å². The lowest BCUT2D eigenvalue weighted by Gasteiger charge is -2.37. The second-order valence-electron chi connectivity index (χ2n) is 6.66. The van der Waals surface area contributed by atoms with Gasteiger partial charge in [-0.05, 0) is 43.3 Å². The normalized spacial score (nSPS) is 15.5. The number of halogens is 1. The Bertz CT molecular complexity index is 899. The number of piperazine rings is 1. The van der Waals surface area contributed by atoms with Gasteiger partial charge in [-0.15, -0.1) is 0 Å². The minimum Gasteiger partial charge on any atom is -0.336 e. The fourth-order valence-electron chi connectivity index (χ4n) is 3.18. The summed E-state index contributed by atoms with van der Waals surface area (Å²) in [6.45, 7) is 3.90. The second kappa shape index (κ2) is 8.63. The zero-order valence-electron chi connectivity index (χ0n) is 15.6. The summed E-state index contributed by atoms with van der Waals surface area (Å²) < 4.78 is 13.0. The summed E-state index contributed by atoms with van der Waals surface area (Å²) in [5.41, 5.74) is 1.36. The summed E-state index contributed by atoms with van der Waals surface area (Å²) in [6.07, 6.45) is 0. The molecule has 28 heavy (non-hydrogen) atoms. The molecular formula is C21H21FN4O2. The van der Waals surface area contributed by atoms with Crippen LogP contribution in [0.3, 0.4) is 0 Å². The predicted octanol–water partition coefficient (Wildman–Crippen LogP) is 2.48. The van der Waals surface area contributed by atoms with E-state index in [9.17, 15) is 14.0 Å².